The summed E-state index contributed by atoms with van der Waals surface area (Å²) in [6, 6.07) is 6.12. The summed E-state index contributed by atoms with van der Waals surface area (Å²) in [6.45, 7) is 0. The minimum atomic E-state index is -0.354. The summed E-state index contributed by atoms with van der Waals surface area (Å²) >= 11 is 6.47. The number of pyridine rings is 1. The third-order valence-corrected chi connectivity index (χ3v) is 2.64. The Morgan fingerprint density at radius 3 is 2.38 bits per heavy atom. The molecule has 2 aromatic rings. The minimum Gasteiger partial charge on any atom is -0.456 e. The highest BCUT2D eigenvalue weighted by Gasteiger charge is 2.02. The number of rotatable bonds is 2. The molecule has 16 heavy (non-hydrogen) atoms. The molecule has 0 aliphatic heterocycles. The molecule has 0 aliphatic rings. The molecule has 0 bridgehead atoms. The molecule has 0 spiro atoms. The van der Waals surface area contributed by atoms with Gasteiger partial charge in [-0.05, 0) is 34.1 Å². The van der Waals surface area contributed by atoms with Crippen LogP contribution in [0.25, 0.3) is 0 Å². The summed E-state index contributed by atoms with van der Waals surface area (Å²) in [7, 11) is 0. The Morgan fingerprint density at radius 1 is 0.938 bits per heavy atom. The summed E-state index contributed by atoms with van der Waals surface area (Å²) in [5, 5.41) is 0. The van der Waals surface area contributed by atoms with Gasteiger partial charge < -0.3 is 4.74 Å². The van der Waals surface area contributed by atoms with Gasteiger partial charge in [0, 0.05) is 21.2 Å². The Kier molecular flexibility index (Phi) is 3.56. The highest BCUT2D eigenvalue weighted by Crippen LogP contribution is 2.26. The van der Waals surface area contributed by atoms with Crippen LogP contribution in [0, 0.1) is 5.82 Å². The van der Waals surface area contributed by atoms with Crippen molar-refractivity contribution in [1.82, 2.24) is 4.98 Å². The molecule has 0 fully saturated rings. The Balaban J connectivity index is 2.27. The van der Waals surface area contributed by atoms with E-state index in [0.29, 0.717) is 16.0 Å². The second-order valence-electron chi connectivity index (χ2n) is 3.05. The highest BCUT2D eigenvalue weighted by molar-refractivity contribution is 9.10. The van der Waals surface area contributed by atoms with E-state index in [1.54, 1.807) is 24.5 Å². The van der Waals surface area contributed by atoms with Crippen LogP contribution in [0.3, 0.4) is 0 Å². The van der Waals surface area contributed by atoms with Gasteiger partial charge in [-0.2, -0.15) is 0 Å². The van der Waals surface area contributed by atoms with Crippen LogP contribution < -0.4 is 4.74 Å². The van der Waals surface area contributed by atoms with Crippen LogP contribution in [0.2, 0.25) is 0 Å². The van der Waals surface area contributed by atoms with Crippen LogP contribution in [0.5, 0.6) is 11.5 Å². The minimum absolute atomic E-state index is 0.354. The molecule has 1 aromatic carbocycles. The Morgan fingerprint density at radius 2 is 1.69 bits per heavy atom. The van der Waals surface area contributed by atoms with Gasteiger partial charge >= 0.3 is 0 Å². The molecule has 2 rings (SSSR count). The first-order valence-electron chi connectivity index (χ1n) is 4.38. The van der Waals surface area contributed by atoms with Crippen molar-refractivity contribution in [1.29, 1.82) is 0 Å². The molecule has 0 saturated carbocycles. The second kappa shape index (κ2) is 4.93. The Bertz CT molecular complexity index is 499. The van der Waals surface area contributed by atoms with E-state index in [-0.39, 0.29) is 5.82 Å². The van der Waals surface area contributed by atoms with Crippen molar-refractivity contribution < 1.29 is 9.13 Å². The van der Waals surface area contributed by atoms with Crippen molar-refractivity contribution in [2.45, 2.75) is 0 Å². The van der Waals surface area contributed by atoms with Gasteiger partial charge in [0.25, 0.3) is 0 Å². The SMILES string of the molecule is Fc1cc(Br)cc(Oc2cncc(Br)c2)c1. The van der Waals surface area contributed by atoms with Crippen molar-refractivity contribution >= 4 is 31.9 Å². The number of benzene rings is 1. The maximum absolute atomic E-state index is 13.1. The van der Waals surface area contributed by atoms with E-state index >= 15 is 0 Å². The van der Waals surface area contributed by atoms with E-state index in [1.165, 1.54) is 12.1 Å². The molecular formula is C11H6Br2FNO. The quantitative estimate of drug-likeness (QED) is 0.796. The smallest absolute Gasteiger partial charge is 0.146 e. The Labute approximate surface area is 109 Å². The monoisotopic (exact) mass is 345 g/mol. The fourth-order valence-corrected chi connectivity index (χ4v) is 1.96. The first-order chi connectivity index (χ1) is 7.63. The van der Waals surface area contributed by atoms with Crippen molar-refractivity contribution in [2.24, 2.45) is 0 Å². The third kappa shape index (κ3) is 3.02. The summed E-state index contributed by atoms with van der Waals surface area (Å²) in [6.07, 6.45) is 3.21. The van der Waals surface area contributed by atoms with E-state index in [4.69, 9.17) is 4.74 Å². The van der Waals surface area contributed by atoms with Gasteiger partial charge in [0.2, 0.25) is 0 Å². The second-order valence-corrected chi connectivity index (χ2v) is 4.88. The number of hydrogen-bond donors (Lipinski definition) is 0. The molecule has 0 N–H and O–H groups in total. The highest BCUT2D eigenvalue weighted by atomic mass is 79.9. The average molecular weight is 347 g/mol. The first kappa shape index (κ1) is 11.5. The van der Waals surface area contributed by atoms with Gasteiger partial charge in [-0.15, -0.1) is 0 Å². The average Bonchev–Trinajstić information content (AvgIpc) is 2.15. The molecule has 0 radical (unpaired) electrons. The predicted molar refractivity (Wildman–Crippen MR) is 66.1 cm³/mol. The van der Waals surface area contributed by atoms with E-state index < -0.39 is 0 Å². The lowest BCUT2D eigenvalue weighted by Crippen LogP contribution is -1.86. The summed E-state index contributed by atoms with van der Waals surface area (Å²) in [5.41, 5.74) is 0. The van der Waals surface area contributed by atoms with Gasteiger partial charge in [0.1, 0.15) is 17.3 Å². The third-order valence-electron chi connectivity index (χ3n) is 1.75. The molecule has 0 amide bonds. The fraction of sp³-hybridized carbons (Fsp3) is 0. The van der Waals surface area contributed by atoms with E-state index in [2.05, 4.69) is 36.8 Å². The topological polar surface area (TPSA) is 22.1 Å². The molecule has 0 aliphatic carbocycles. The van der Waals surface area contributed by atoms with Gasteiger partial charge in [-0.1, -0.05) is 15.9 Å². The van der Waals surface area contributed by atoms with E-state index in [1.807, 2.05) is 0 Å². The zero-order chi connectivity index (χ0) is 11.5. The normalized spacial score (nSPS) is 10.2. The van der Waals surface area contributed by atoms with Crippen LogP contribution in [0.1, 0.15) is 0 Å². The fourth-order valence-electron chi connectivity index (χ4n) is 1.17. The zero-order valence-electron chi connectivity index (χ0n) is 7.95. The predicted octanol–water partition coefficient (Wildman–Crippen LogP) is 4.54. The van der Waals surface area contributed by atoms with Crippen molar-refractivity contribution in [2.75, 3.05) is 0 Å². The summed E-state index contributed by atoms with van der Waals surface area (Å²) < 4.78 is 20.0. The van der Waals surface area contributed by atoms with Crippen LogP contribution in [-0.4, -0.2) is 4.98 Å². The van der Waals surface area contributed by atoms with Gasteiger partial charge in [0.05, 0.1) is 6.20 Å². The molecular weight excluding hydrogens is 341 g/mol. The molecule has 1 heterocycles. The van der Waals surface area contributed by atoms with Crippen LogP contribution in [-0.2, 0) is 0 Å². The molecule has 1 aromatic heterocycles. The summed E-state index contributed by atoms with van der Waals surface area (Å²) in [4.78, 5) is 3.95. The molecule has 82 valence electrons. The van der Waals surface area contributed by atoms with Gasteiger partial charge in [-0.25, -0.2) is 4.39 Å². The van der Waals surface area contributed by atoms with Crippen LogP contribution in [0.15, 0.2) is 45.6 Å². The number of aromatic nitrogens is 1. The van der Waals surface area contributed by atoms with Crippen LogP contribution in [0.4, 0.5) is 4.39 Å². The maximum atomic E-state index is 13.1. The number of halogens is 3. The number of hydrogen-bond acceptors (Lipinski definition) is 2. The van der Waals surface area contributed by atoms with E-state index in [9.17, 15) is 4.39 Å². The largest absolute Gasteiger partial charge is 0.456 e. The lowest BCUT2D eigenvalue weighted by molar-refractivity contribution is 0.473. The number of nitrogens with zero attached hydrogens (tertiary/aromatic N) is 1. The Hall–Kier alpha value is -0.940. The van der Waals surface area contributed by atoms with Crippen LogP contribution >= 0.6 is 31.9 Å². The molecule has 0 unspecified atom stereocenters. The first-order valence-corrected chi connectivity index (χ1v) is 5.96. The molecule has 5 heteroatoms. The molecule has 0 atom stereocenters. The summed E-state index contributed by atoms with van der Waals surface area (Å²) in [5.74, 6) is 0.617. The van der Waals surface area contributed by atoms with Crippen molar-refractivity contribution in [3.05, 3.63) is 51.4 Å². The molecule has 0 saturated heterocycles. The maximum Gasteiger partial charge on any atom is 0.146 e. The lowest BCUT2D eigenvalue weighted by atomic mass is 10.3. The van der Waals surface area contributed by atoms with Crippen molar-refractivity contribution in [3.8, 4) is 11.5 Å². The number of ether oxygens (including phenoxy) is 1. The molecule has 2 nitrogen and oxygen atoms in total. The van der Waals surface area contributed by atoms with E-state index in [0.717, 1.165) is 4.47 Å². The van der Waals surface area contributed by atoms with Gasteiger partial charge in [-0.3, -0.25) is 4.98 Å². The zero-order valence-corrected chi connectivity index (χ0v) is 11.1. The van der Waals surface area contributed by atoms with Gasteiger partial charge in [0.15, 0.2) is 0 Å². The lowest BCUT2D eigenvalue weighted by Gasteiger charge is -2.06. The van der Waals surface area contributed by atoms with Crippen molar-refractivity contribution in [3.63, 3.8) is 0 Å². The standard InChI is InChI=1S/C11H6Br2FNO/c12-7-1-9(14)4-10(2-7)16-11-3-8(13)5-15-6-11/h1-6H.